The number of fused-ring (bicyclic) bond motifs is 8. The van der Waals surface area contributed by atoms with Crippen LogP contribution in [0.4, 0.5) is 5.69 Å². The minimum atomic E-state index is 0.450. The number of hydrogen-bond donors (Lipinski definition) is 0. The molecule has 1 aromatic rings. The molecule has 0 N–H and O–H groups in total. The Labute approximate surface area is 113 Å². The van der Waals surface area contributed by atoms with Gasteiger partial charge in [0.2, 0.25) is 0 Å². The fourth-order valence-corrected chi connectivity index (χ4v) is 4.99. The molecule has 0 amide bonds. The summed E-state index contributed by atoms with van der Waals surface area (Å²) in [6.07, 6.45) is 7.49. The molecule has 4 aliphatic rings. The first-order chi connectivity index (χ1) is 9.43. The molecule has 3 aliphatic carbocycles. The molecule has 2 saturated carbocycles. The third kappa shape index (κ3) is 1.18. The van der Waals surface area contributed by atoms with Crippen LogP contribution in [0.5, 0.6) is 0 Å². The molecule has 2 bridgehead atoms. The van der Waals surface area contributed by atoms with Gasteiger partial charge in [-0.1, -0.05) is 35.6 Å². The number of nitrogens with zero attached hydrogens (tertiary/aromatic N) is 3. The van der Waals surface area contributed by atoms with Gasteiger partial charge in [-0.3, -0.25) is 0 Å². The Morgan fingerprint density at radius 2 is 1.95 bits per heavy atom. The zero-order valence-electron chi connectivity index (χ0n) is 10.8. The van der Waals surface area contributed by atoms with Crippen LogP contribution in [0.25, 0.3) is 0 Å². The Morgan fingerprint density at radius 3 is 2.84 bits per heavy atom. The second kappa shape index (κ2) is 3.47. The van der Waals surface area contributed by atoms with E-state index in [4.69, 9.17) is 0 Å². The van der Waals surface area contributed by atoms with Crippen LogP contribution in [0.1, 0.15) is 12.8 Å². The fourth-order valence-electron chi connectivity index (χ4n) is 4.99. The van der Waals surface area contributed by atoms with E-state index in [0.29, 0.717) is 12.1 Å². The lowest BCUT2D eigenvalue weighted by atomic mass is 9.76. The zero-order chi connectivity index (χ0) is 12.4. The lowest BCUT2D eigenvalue weighted by Crippen LogP contribution is -2.44. The van der Waals surface area contributed by atoms with Crippen LogP contribution in [0.2, 0.25) is 0 Å². The van der Waals surface area contributed by atoms with E-state index in [-0.39, 0.29) is 0 Å². The van der Waals surface area contributed by atoms with Crippen LogP contribution in [0.3, 0.4) is 0 Å². The molecule has 5 rings (SSSR count). The predicted molar refractivity (Wildman–Crippen MR) is 73.7 cm³/mol. The summed E-state index contributed by atoms with van der Waals surface area (Å²) in [6.45, 7) is 0. The molecule has 3 heteroatoms. The van der Waals surface area contributed by atoms with Gasteiger partial charge in [-0.15, -0.1) is 0 Å². The molecule has 19 heavy (non-hydrogen) atoms. The molecule has 0 spiro atoms. The van der Waals surface area contributed by atoms with E-state index in [1.54, 1.807) is 0 Å². The maximum Gasteiger partial charge on any atom is 0.0988 e. The first kappa shape index (κ1) is 10.2. The highest BCUT2D eigenvalue weighted by Crippen LogP contribution is 2.60. The number of para-hydroxylation sites is 1. The van der Waals surface area contributed by atoms with E-state index in [0.717, 1.165) is 23.7 Å². The van der Waals surface area contributed by atoms with Crippen molar-refractivity contribution in [2.45, 2.75) is 24.9 Å². The molecule has 6 atom stereocenters. The molecule has 1 heterocycles. The summed E-state index contributed by atoms with van der Waals surface area (Å²) >= 11 is 0. The summed E-state index contributed by atoms with van der Waals surface area (Å²) in [6, 6.07) is 11.5. The van der Waals surface area contributed by atoms with Crippen molar-refractivity contribution < 1.29 is 0 Å². The normalized spacial score (nSPS) is 44.9. The fraction of sp³-hybridized carbons (Fsp3) is 0.500. The number of allylic oxidation sites excluding steroid dienone is 2. The maximum absolute atomic E-state index is 4.62. The SMILES string of the molecule is C1=C[C@H]2[C@H]3C[C@H]([C@H]2C1)[C@@H]1N=NN(c2ccccc2)[C@@H]31. The van der Waals surface area contributed by atoms with Crippen molar-refractivity contribution in [1.82, 2.24) is 0 Å². The van der Waals surface area contributed by atoms with Gasteiger partial charge in [-0.25, -0.2) is 5.01 Å². The Bertz CT molecular complexity index is 565. The van der Waals surface area contributed by atoms with Crippen LogP contribution in [0, 0.1) is 23.7 Å². The standard InChI is InChI=1S/C16H17N3/c1-2-5-10(6-3-1)19-16-14-9-13(15(16)17-18-19)11-7-4-8-12(11)14/h1-6,8,11-16H,7,9H2/t11-,12+,13+,14+,15-,16-/m0/s1. The van der Waals surface area contributed by atoms with Crippen LogP contribution in [-0.2, 0) is 0 Å². The van der Waals surface area contributed by atoms with Crippen LogP contribution < -0.4 is 5.01 Å². The molecule has 0 aromatic heterocycles. The highest BCUT2D eigenvalue weighted by Gasteiger charge is 2.61. The van der Waals surface area contributed by atoms with E-state index in [9.17, 15) is 0 Å². The quantitative estimate of drug-likeness (QED) is 0.702. The highest BCUT2D eigenvalue weighted by molar-refractivity contribution is 5.48. The second-order valence-corrected chi connectivity index (χ2v) is 6.33. The largest absolute Gasteiger partial charge is 0.242 e. The summed E-state index contributed by atoms with van der Waals surface area (Å²) in [7, 11) is 0. The van der Waals surface area contributed by atoms with E-state index >= 15 is 0 Å². The molecule has 1 aromatic carbocycles. The molecular formula is C16H17N3. The molecule has 96 valence electrons. The van der Waals surface area contributed by atoms with E-state index in [1.807, 2.05) is 0 Å². The lowest BCUT2D eigenvalue weighted by Gasteiger charge is -2.35. The Balaban J connectivity index is 1.53. The third-order valence-corrected chi connectivity index (χ3v) is 5.66. The molecule has 0 unspecified atom stereocenters. The first-order valence-electron chi connectivity index (χ1n) is 7.35. The second-order valence-electron chi connectivity index (χ2n) is 6.33. The Morgan fingerprint density at radius 1 is 1.05 bits per heavy atom. The Hall–Kier alpha value is -1.64. The molecule has 1 aliphatic heterocycles. The van der Waals surface area contributed by atoms with Gasteiger partial charge >= 0.3 is 0 Å². The molecule has 0 saturated heterocycles. The van der Waals surface area contributed by atoms with Gasteiger partial charge in [0, 0.05) is 0 Å². The molecule has 3 nitrogen and oxygen atoms in total. The number of anilines is 1. The van der Waals surface area contributed by atoms with Crippen molar-refractivity contribution in [3.63, 3.8) is 0 Å². The van der Waals surface area contributed by atoms with E-state index in [2.05, 4.69) is 57.8 Å². The topological polar surface area (TPSA) is 28.0 Å². The minimum Gasteiger partial charge on any atom is -0.242 e. The van der Waals surface area contributed by atoms with Crippen molar-refractivity contribution in [2.75, 3.05) is 5.01 Å². The molecule has 0 radical (unpaired) electrons. The summed E-state index contributed by atoms with van der Waals surface area (Å²) in [5.74, 6) is 3.18. The van der Waals surface area contributed by atoms with Gasteiger partial charge in [0.05, 0.1) is 17.8 Å². The van der Waals surface area contributed by atoms with Gasteiger partial charge < -0.3 is 0 Å². The number of rotatable bonds is 1. The van der Waals surface area contributed by atoms with Crippen molar-refractivity contribution in [3.05, 3.63) is 42.5 Å². The van der Waals surface area contributed by atoms with Crippen LogP contribution in [-0.4, -0.2) is 12.1 Å². The van der Waals surface area contributed by atoms with Gasteiger partial charge in [-0.2, -0.15) is 5.11 Å². The van der Waals surface area contributed by atoms with Gasteiger partial charge in [0.15, 0.2) is 0 Å². The van der Waals surface area contributed by atoms with Crippen molar-refractivity contribution in [1.29, 1.82) is 0 Å². The summed E-state index contributed by atoms with van der Waals surface area (Å²) in [5.41, 5.74) is 1.20. The van der Waals surface area contributed by atoms with Gasteiger partial charge in [0.25, 0.3) is 0 Å². The van der Waals surface area contributed by atoms with Gasteiger partial charge in [-0.05, 0) is 48.6 Å². The average molecular weight is 251 g/mol. The minimum absolute atomic E-state index is 0.450. The van der Waals surface area contributed by atoms with Crippen molar-refractivity contribution in [3.8, 4) is 0 Å². The Kier molecular flexibility index (Phi) is 1.86. The zero-order valence-corrected chi connectivity index (χ0v) is 10.8. The van der Waals surface area contributed by atoms with Gasteiger partial charge in [0.1, 0.15) is 0 Å². The number of benzene rings is 1. The third-order valence-electron chi connectivity index (χ3n) is 5.66. The monoisotopic (exact) mass is 251 g/mol. The smallest absolute Gasteiger partial charge is 0.0988 e. The predicted octanol–water partition coefficient (Wildman–Crippen LogP) is 3.45. The summed E-state index contributed by atoms with van der Waals surface area (Å²) in [4.78, 5) is 0. The molecule has 2 fully saturated rings. The van der Waals surface area contributed by atoms with E-state index < -0.39 is 0 Å². The average Bonchev–Trinajstić information content (AvgIpc) is 3.17. The lowest BCUT2D eigenvalue weighted by molar-refractivity contribution is 0.238. The van der Waals surface area contributed by atoms with Crippen LogP contribution in [0.15, 0.2) is 52.8 Å². The van der Waals surface area contributed by atoms with Crippen LogP contribution >= 0.6 is 0 Å². The summed E-state index contributed by atoms with van der Waals surface area (Å²) in [5, 5.41) is 11.3. The van der Waals surface area contributed by atoms with Crippen molar-refractivity contribution >= 4 is 5.69 Å². The summed E-state index contributed by atoms with van der Waals surface area (Å²) < 4.78 is 0. The number of hydrogen-bond acceptors (Lipinski definition) is 3. The van der Waals surface area contributed by atoms with E-state index in [1.165, 1.54) is 18.5 Å². The first-order valence-corrected chi connectivity index (χ1v) is 7.35. The molecular weight excluding hydrogens is 234 g/mol. The van der Waals surface area contributed by atoms with Crippen molar-refractivity contribution in [2.24, 2.45) is 34.0 Å². The highest BCUT2D eigenvalue weighted by atomic mass is 15.6. The maximum atomic E-state index is 4.62.